The first-order valence-electron chi connectivity index (χ1n) is 5.96. The van der Waals surface area contributed by atoms with E-state index in [9.17, 15) is 4.79 Å². The molecule has 98 valence electrons. The molecular weight excluding hydrogens is 248 g/mol. The fourth-order valence-corrected chi connectivity index (χ4v) is 2.81. The number of ether oxygens (including phenoxy) is 1. The van der Waals surface area contributed by atoms with Crippen molar-refractivity contribution in [2.75, 3.05) is 18.7 Å². The maximum absolute atomic E-state index is 12.0. The van der Waals surface area contributed by atoms with Gasteiger partial charge in [0.2, 0.25) is 5.91 Å². The van der Waals surface area contributed by atoms with Crippen LogP contribution in [0.15, 0.2) is 24.3 Å². The summed E-state index contributed by atoms with van der Waals surface area (Å²) in [6, 6.07) is 7.68. The molecule has 1 amide bonds. The number of hydrogen-bond acceptors (Lipinski definition) is 4. The molecule has 18 heavy (non-hydrogen) atoms. The summed E-state index contributed by atoms with van der Waals surface area (Å²) in [6.07, 6.45) is 0. The Kier molecular flexibility index (Phi) is 4.49. The second-order valence-electron chi connectivity index (χ2n) is 4.28. The van der Waals surface area contributed by atoms with E-state index in [-0.39, 0.29) is 18.0 Å². The lowest BCUT2D eigenvalue weighted by molar-refractivity contribution is -0.123. The topological polar surface area (TPSA) is 50.4 Å². The molecule has 0 bridgehead atoms. The number of methoxy groups -OCH3 is 1. The van der Waals surface area contributed by atoms with Crippen molar-refractivity contribution in [1.29, 1.82) is 0 Å². The van der Waals surface area contributed by atoms with Gasteiger partial charge in [-0.2, -0.15) is 0 Å². The van der Waals surface area contributed by atoms with E-state index in [1.54, 1.807) is 18.9 Å². The van der Waals surface area contributed by atoms with Crippen LogP contribution < -0.4 is 15.4 Å². The van der Waals surface area contributed by atoms with Crippen LogP contribution in [0, 0.1) is 0 Å². The minimum Gasteiger partial charge on any atom is -0.497 e. The molecule has 1 aromatic rings. The molecule has 2 atom stereocenters. The molecule has 2 unspecified atom stereocenters. The molecule has 2 rings (SSSR count). The Labute approximate surface area is 111 Å². The normalized spacial score (nSPS) is 20.4. The molecule has 0 aliphatic carbocycles. The highest BCUT2D eigenvalue weighted by Gasteiger charge is 2.23. The van der Waals surface area contributed by atoms with E-state index in [4.69, 9.17) is 4.74 Å². The predicted octanol–water partition coefficient (Wildman–Crippen LogP) is 1.53. The van der Waals surface area contributed by atoms with Crippen molar-refractivity contribution in [3.63, 3.8) is 0 Å². The molecule has 1 saturated heterocycles. The Morgan fingerprint density at radius 2 is 2.44 bits per heavy atom. The molecule has 2 N–H and O–H groups in total. The molecule has 4 nitrogen and oxygen atoms in total. The second-order valence-corrected chi connectivity index (χ2v) is 5.31. The van der Waals surface area contributed by atoms with Crippen molar-refractivity contribution < 1.29 is 9.53 Å². The van der Waals surface area contributed by atoms with E-state index in [0.29, 0.717) is 0 Å². The first-order valence-corrected chi connectivity index (χ1v) is 7.11. The highest BCUT2D eigenvalue weighted by atomic mass is 32.2. The Bertz CT molecular complexity index is 419. The predicted molar refractivity (Wildman–Crippen MR) is 73.8 cm³/mol. The summed E-state index contributed by atoms with van der Waals surface area (Å²) in [5.74, 6) is 2.57. The van der Waals surface area contributed by atoms with Crippen molar-refractivity contribution >= 4 is 17.7 Å². The number of nitrogens with one attached hydrogen (secondary N) is 2. The highest BCUT2D eigenvalue weighted by Crippen LogP contribution is 2.19. The third-order valence-corrected chi connectivity index (χ3v) is 3.93. The third kappa shape index (κ3) is 3.17. The lowest BCUT2D eigenvalue weighted by atomic mass is 10.1. The van der Waals surface area contributed by atoms with E-state index >= 15 is 0 Å². The van der Waals surface area contributed by atoms with E-state index in [0.717, 1.165) is 22.9 Å². The summed E-state index contributed by atoms with van der Waals surface area (Å²) < 4.78 is 5.18. The first-order chi connectivity index (χ1) is 8.70. The van der Waals surface area contributed by atoms with Crippen molar-refractivity contribution in [2.45, 2.75) is 19.0 Å². The molecule has 1 aliphatic rings. The Morgan fingerprint density at radius 1 is 1.61 bits per heavy atom. The maximum Gasteiger partial charge on any atom is 0.238 e. The summed E-state index contributed by atoms with van der Waals surface area (Å²) in [5, 5.41) is 6.18. The Balaban J connectivity index is 1.97. The van der Waals surface area contributed by atoms with Crippen LogP contribution in [0.4, 0.5) is 0 Å². The van der Waals surface area contributed by atoms with Gasteiger partial charge in [0.1, 0.15) is 5.75 Å². The van der Waals surface area contributed by atoms with Crippen LogP contribution in [-0.4, -0.2) is 30.7 Å². The number of thioether (sulfide) groups is 1. The Morgan fingerprint density at radius 3 is 3.11 bits per heavy atom. The molecule has 5 heteroatoms. The number of amides is 1. The number of benzene rings is 1. The van der Waals surface area contributed by atoms with Crippen LogP contribution in [0.2, 0.25) is 0 Å². The molecule has 0 saturated carbocycles. The first kappa shape index (κ1) is 13.2. The van der Waals surface area contributed by atoms with Crippen LogP contribution in [0.1, 0.15) is 18.5 Å². The van der Waals surface area contributed by atoms with E-state index < -0.39 is 0 Å². The molecule has 0 radical (unpaired) electrons. The monoisotopic (exact) mass is 266 g/mol. The van der Waals surface area contributed by atoms with Gasteiger partial charge in [-0.3, -0.25) is 10.1 Å². The van der Waals surface area contributed by atoms with Crippen LogP contribution in [-0.2, 0) is 4.79 Å². The van der Waals surface area contributed by atoms with Gasteiger partial charge in [0.25, 0.3) is 0 Å². The van der Waals surface area contributed by atoms with Gasteiger partial charge in [0, 0.05) is 11.6 Å². The van der Waals surface area contributed by atoms with Crippen molar-refractivity contribution in [3.8, 4) is 5.75 Å². The van der Waals surface area contributed by atoms with Gasteiger partial charge in [0.05, 0.1) is 19.2 Å². The van der Waals surface area contributed by atoms with Crippen molar-refractivity contribution in [1.82, 2.24) is 10.6 Å². The van der Waals surface area contributed by atoms with Gasteiger partial charge in [-0.25, -0.2) is 0 Å². The summed E-state index contributed by atoms with van der Waals surface area (Å²) in [4.78, 5) is 12.0. The van der Waals surface area contributed by atoms with Gasteiger partial charge in [0.15, 0.2) is 0 Å². The summed E-state index contributed by atoms with van der Waals surface area (Å²) >= 11 is 1.75. The Hall–Kier alpha value is -1.20. The van der Waals surface area contributed by atoms with Crippen LogP contribution in [0.25, 0.3) is 0 Å². The third-order valence-electron chi connectivity index (χ3n) is 2.99. The highest BCUT2D eigenvalue weighted by molar-refractivity contribution is 7.99. The van der Waals surface area contributed by atoms with Gasteiger partial charge in [-0.1, -0.05) is 12.1 Å². The minimum atomic E-state index is -0.0666. The van der Waals surface area contributed by atoms with Crippen LogP contribution in [0.3, 0.4) is 0 Å². The number of hydrogen-bond donors (Lipinski definition) is 2. The quantitative estimate of drug-likeness (QED) is 0.868. The molecule has 0 spiro atoms. The van der Waals surface area contributed by atoms with E-state index in [1.165, 1.54) is 0 Å². The number of carbonyl (C=O) groups excluding carboxylic acids is 1. The zero-order valence-corrected chi connectivity index (χ0v) is 11.4. The van der Waals surface area contributed by atoms with Gasteiger partial charge < -0.3 is 10.1 Å². The van der Waals surface area contributed by atoms with Crippen molar-refractivity contribution in [2.24, 2.45) is 0 Å². The largest absolute Gasteiger partial charge is 0.497 e. The lowest BCUT2D eigenvalue weighted by Crippen LogP contribution is -2.42. The van der Waals surface area contributed by atoms with E-state index in [1.807, 2.05) is 31.2 Å². The smallest absolute Gasteiger partial charge is 0.238 e. The second kappa shape index (κ2) is 6.11. The maximum atomic E-state index is 12.0. The zero-order chi connectivity index (χ0) is 13.0. The molecule has 1 fully saturated rings. The number of rotatable bonds is 4. The molecule has 1 aliphatic heterocycles. The number of carbonyl (C=O) groups is 1. The molecule has 1 heterocycles. The molecular formula is C13H18N2O2S. The van der Waals surface area contributed by atoms with Gasteiger partial charge in [-0.05, 0) is 24.6 Å². The molecule has 0 aromatic heterocycles. The standard InChI is InChI=1S/C13H18N2O2S/c1-9(10-4-3-5-11(6-10)17-2)15-13(16)12-7-18-8-14-12/h3-6,9,12,14H,7-8H2,1-2H3,(H,15,16). The summed E-state index contributed by atoms with van der Waals surface area (Å²) in [5.41, 5.74) is 1.05. The minimum absolute atomic E-state index is 0.0139. The lowest BCUT2D eigenvalue weighted by Gasteiger charge is -2.17. The van der Waals surface area contributed by atoms with Gasteiger partial charge >= 0.3 is 0 Å². The van der Waals surface area contributed by atoms with Crippen LogP contribution >= 0.6 is 11.8 Å². The van der Waals surface area contributed by atoms with Crippen molar-refractivity contribution in [3.05, 3.63) is 29.8 Å². The molecule has 1 aromatic carbocycles. The summed E-state index contributed by atoms with van der Waals surface area (Å²) in [6.45, 7) is 1.98. The fraction of sp³-hybridized carbons (Fsp3) is 0.462. The average Bonchev–Trinajstić information content (AvgIpc) is 2.92. The average molecular weight is 266 g/mol. The van der Waals surface area contributed by atoms with Gasteiger partial charge in [-0.15, -0.1) is 11.8 Å². The van der Waals surface area contributed by atoms with E-state index in [2.05, 4.69) is 10.6 Å². The fourth-order valence-electron chi connectivity index (χ4n) is 1.87. The zero-order valence-electron chi connectivity index (χ0n) is 10.6. The van der Waals surface area contributed by atoms with Crippen LogP contribution in [0.5, 0.6) is 5.75 Å². The summed E-state index contributed by atoms with van der Waals surface area (Å²) in [7, 11) is 1.64. The SMILES string of the molecule is COc1cccc(C(C)NC(=O)C2CSCN2)c1.